The number of nitrogens with zero attached hydrogens (tertiary/aromatic N) is 3. The van der Waals surface area contributed by atoms with Crippen LogP contribution in [-0.4, -0.2) is 61.5 Å². The predicted molar refractivity (Wildman–Crippen MR) is 105 cm³/mol. The summed E-state index contributed by atoms with van der Waals surface area (Å²) in [7, 11) is 1.24. The van der Waals surface area contributed by atoms with Crippen molar-refractivity contribution in [2.75, 3.05) is 56.6 Å². The molecule has 0 bridgehead atoms. The molecule has 0 unspecified atom stereocenters. The van der Waals surface area contributed by atoms with Crippen molar-refractivity contribution in [3.05, 3.63) is 45.3 Å². The molecule has 1 aromatic carbocycles. The SMILES string of the molecule is COc1cccc(N2CCN(CCNc3cn[nH]c(=O)c3Cl)CC2)c1C(F)(F)F. The van der Waals surface area contributed by atoms with Gasteiger partial charge in [-0.25, -0.2) is 5.10 Å². The highest BCUT2D eigenvalue weighted by molar-refractivity contribution is 6.32. The van der Waals surface area contributed by atoms with E-state index in [0.717, 1.165) is 0 Å². The van der Waals surface area contributed by atoms with E-state index in [0.29, 0.717) is 45.0 Å². The van der Waals surface area contributed by atoms with Gasteiger partial charge in [0, 0.05) is 39.3 Å². The Bertz CT molecular complexity index is 898. The number of alkyl halides is 3. The molecule has 1 fully saturated rings. The first-order valence-electron chi connectivity index (χ1n) is 9.00. The van der Waals surface area contributed by atoms with E-state index in [4.69, 9.17) is 16.3 Å². The molecular formula is C18H21ClF3N5O2. The van der Waals surface area contributed by atoms with Crippen LogP contribution in [0.5, 0.6) is 5.75 Å². The quantitative estimate of drug-likeness (QED) is 0.732. The van der Waals surface area contributed by atoms with Crippen molar-refractivity contribution in [2.45, 2.75) is 6.18 Å². The molecule has 0 aliphatic carbocycles. The zero-order chi connectivity index (χ0) is 21.0. The Kier molecular flexibility index (Phi) is 6.53. The molecule has 1 aliphatic heterocycles. The molecule has 0 amide bonds. The van der Waals surface area contributed by atoms with Gasteiger partial charge in [0.05, 0.1) is 24.7 Å². The van der Waals surface area contributed by atoms with Crippen LogP contribution in [0.15, 0.2) is 29.2 Å². The monoisotopic (exact) mass is 431 g/mol. The second-order valence-corrected chi connectivity index (χ2v) is 6.91. The number of benzene rings is 1. The van der Waals surface area contributed by atoms with Gasteiger partial charge in [0.2, 0.25) is 0 Å². The number of aromatic amines is 1. The number of hydrogen-bond donors (Lipinski definition) is 2. The van der Waals surface area contributed by atoms with Gasteiger partial charge in [-0.2, -0.15) is 18.3 Å². The van der Waals surface area contributed by atoms with Crippen molar-refractivity contribution in [3.8, 4) is 5.75 Å². The molecule has 0 radical (unpaired) electrons. The fourth-order valence-electron chi connectivity index (χ4n) is 3.31. The van der Waals surface area contributed by atoms with Gasteiger partial charge in [-0.1, -0.05) is 17.7 Å². The number of rotatable bonds is 6. The zero-order valence-corrected chi connectivity index (χ0v) is 16.5. The Morgan fingerprint density at radius 1 is 1.28 bits per heavy atom. The van der Waals surface area contributed by atoms with E-state index < -0.39 is 17.3 Å². The van der Waals surface area contributed by atoms with E-state index >= 15 is 0 Å². The van der Waals surface area contributed by atoms with Gasteiger partial charge in [0.15, 0.2) is 0 Å². The molecule has 2 N–H and O–H groups in total. The fraction of sp³-hybridized carbons (Fsp3) is 0.444. The van der Waals surface area contributed by atoms with Gasteiger partial charge < -0.3 is 15.0 Å². The smallest absolute Gasteiger partial charge is 0.421 e. The van der Waals surface area contributed by atoms with E-state index in [1.165, 1.54) is 25.4 Å². The minimum absolute atomic E-state index is 0.0440. The number of nitrogens with one attached hydrogen (secondary N) is 2. The molecule has 0 spiro atoms. The molecule has 0 atom stereocenters. The standard InChI is InChI=1S/C18H21ClF3N5O2/c1-29-14-4-2-3-13(15(14)18(20,21)22)27-9-7-26(8-10-27)6-5-23-12-11-24-25-17(28)16(12)19/h2-4,11H,5-10H2,1H3,(H2,23,25,28). The average Bonchev–Trinajstić information content (AvgIpc) is 2.70. The number of anilines is 2. The molecule has 2 aromatic rings. The van der Waals surface area contributed by atoms with Crippen LogP contribution in [0.2, 0.25) is 5.02 Å². The molecule has 7 nitrogen and oxygen atoms in total. The van der Waals surface area contributed by atoms with Crippen LogP contribution in [0.3, 0.4) is 0 Å². The normalized spacial score (nSPS) is 15.4. The van der Waals surface area contributed by atoms with Crippen LogP contribution in [0.4, 0.5) is 24.5 Å². The van der Waals surface area contributed by atoms with Crippen molar-refractivity contribution >= 4 is 23.0 Å². The number of ether oxygens (including phenoxy) is 1. The Balaban J connectivity index is 1.59. The number of piperazine rings is 1. The summed E-state index contributed by atoms with van der Waals surface area (Å²) in [4.78, 5) is 15.3. The molecule has 11 heteroatoms. The first-order valence-corrected chi connectivity index (χ1v) is 9.37. The average molecular weight is 432 g/mol. The maximum Gasteiger partial charge on any atom is 0.421 e. The topological polar surface area (TPSA) is 73.5 Å². The number of H-pyrrole nitrogens is 1. The number of hydrogen-bond acceptors (Lipinski definition) is 6. The summed E-state index contributed by atoms with van der Waals surface area (Å²) >= 11 is 5.91. The highest BCUT2D eigenvalue weighted by Crippen LogP contribution is 2.42. The molecule has 158 valence electrons. The maximum absolute atomic E-state index is 13.6. The number of aromatic nitrogens is 2. The molecule has 2 heterocycles. The molecule has 3 rings (SSSR count). The van der Waals surface area contributed by atoms with E-state index in [-0.39, 0.29) is 16.5 Å². The van der Waals surface area contributed by atoms with Gasteiger partial charge in [-0.05, 0) is 12.1 Å². The predicted octanol–water partition coefficient (Wildman–Crippen LogP) is 2.68. The van der Waals surface area contributed by atoms with Crippen molar-refractivity contribution in [2.24, 2.45) is 0 Å². The Morgan fingerprint density at radius 2 is 2.00 bits per heavy atom. The van der Waals surface area contributed by atoms with Crippen LogP contribution in [0, 0.1) is 0 Å². The third-order valence-corrected chi connectivity index (χ3v) is 5.13. The first kappa shape index (κ1) is 21.3. The van der Waals surface area contributed by atoms with Gasteiger partial charge in [0.1, 0.15) is 16.3 Å². The maximum atomic E-state index is 13.6. The lowest BCUT2D eigenvalue weighted by molar-refractivity contribution is -0.138. The third-order valence-electron chi connectivity index (χ3n) is 4.76. The van der Waals surface area contributed by atoms with Crippen molar-refractivity contribution in [3.63, 3.8) is 0 Å². The number of methoxy groups -OCH3 is 1. The molecule has 1 aliphatic rings. The van der Waals surface area contributed by atoms with Gasteiger partial charge in [-0.3, -0.25) is 9.69 Å². The molecular weight excluding hydrogens is 411 g/mol. The molecule has 1 aromatic heterocycles. The van der Waals surface area contributed by atoms with Crippen LogP contribution < -0.4 is 20.5 Å². The lowest BCUT2D eigenvalue weighted by Gasteiger charge is -2.37. The number of halogens is 4. The molecule has 0 saturated carbocycles. The highest BCUT2D eigenvalue weighted by Gasteiger charge is 2.38. The Hall–Kier alpha value is -2.46. The summed E-state index contributed by atoms with van der Waals surface area (Å²) < 4.78 is 45.6. The summed E-state index contributed by atoms with van der Waals surface area (Å²) in [6.45, 7) is 3.32. The summed E-state index contributed by atoms with van der Waals surface area (Å²) in [5, 5.41) is 9.03. The lowest BCUT2D eigenvalue weighted by atomic mass is 10.1. The van der Waals surface area contributed by atoms with E-state index in [1.54, 1.807) is 11.0 Å². The van der Waals surface area contributed by atoms with Gasteiger partial charge in [0.25, 0.3) is 5.56 Å². The summed E-state index contributed by atoms with van der Waals surface area (Å²) in [6, 6.07) is 4.37. The van der Waals surface area contributed by atoms with Gasteiger partial charge >= 0.3 is 6.18 Å². The van der Waals surface area contributed by atoms with Crippen LogP contribution in [0.1, 0.15) is 5.56 Å². The fourth-order valence-corrected chi connectivity index (χ4v) is 3.46. The minimum atomic E-state index is -4.50. The van der Waals surface area contributed by atoms with E-state index in [1.807, 2.05) is 0 Å². The largest absolute Gasteiger partial charge is 0.496 e. The Morgan fingerprint density at radius 3 is 2.66 bits per heavy atom. The van der Waals surface area contributed by atoms with Crippen LogP contribution >= 0.6 is 11.6 Å². The molecule has 1 saturated heterocycles. The van der Waals surface area contributed by atoms with Gasteiger partial charge in [-0.15, -0.1) is 0 Å². The van der Waals surface area contributed by atoms with Crippen LogP contribution in [-0.2, 0) is 6.18 Å². The first-order chi connectivity index (χ1) is 13.8. The summed E-state index contributed by atoms with van der Waals surface area (Å²) in [6.07, 6.45) is -3.06. The zero-order valence-electron chi connectivity index (χ0n) is 15.7. The Labute approximate surface area is 170 Å². The van der Waals surface area contributed by atoms with Crippen molar-refractivity contribution in [1.29, 1.82) is 0 Å². The lowest BCUT2D eigenvalue weighted by Crippen LogP contribution is -2.48. The van der Waals surface area contributed by atoms with Crippen LogP contribution in [0.25, 0.3) is 0 Å². The highest BCUT2D eigenvalue weighted by atomic mass is 35.5. The van der Waals surface area contributed by atoms with Crippen molar-refractivity contribution in [1.82, 2.24) is 15.1 Å². The minimum Gasteiger partial charge on any atom is -0.496 e. The second kappa shape index (κ2) is 8.91. The second-order valence-electron chi connectivity index (χ2n) is 6.53. The van der Waals surface area contributed by atoms with Crippen molar-refractivity contribution < 1.29 is 17.9 Å². The van der Waals surface area contributed by atoms with E-state index in [9.17, 15) is 18.0 Å². The summed E-state index contributed by atoms with van der Waals surface area (Å²) in [5.41, 5.74) is -0.630. The summed E-state index contributed by atoms with van der Waals surface area (Å²) in [5.74, 6) is -0.176. The third kappa shape index (κ3) is 4.94. The van der Waals surface area contributed by atoms with E-state index in [2.05, 4.69) is 20.4 Å². The molecule has 29 heavy (non-hydrogen) atoms.